The zero-order valence-corrected chi connectivity index (χ0v) is 17.3. The van der Waals surface area contributed by atoms with Gasteiger partial charge in [-0.2, -0.15) is 18.1 Å². The maximum absolute atomic E-state index is 14.2. The van der Waals surface area contributed by atoms with E-state index in [4.69, 9.17) is 9.47 Å². The van der Waals surface area contributed by atoms with Gasteiger partial charge < -0.3 is 14.4 Å². The van der Waals surface area contributed by atoms with Crippen molar-refractivity contribution in [3.05, 3.63) is 41.7 Å². The molecule has 2 atom stereocenters. The normalized spacial score (nSPS) is 20.9. The standard InChI is InChI=1S/C20H21FN6O2S/c1-12-15-8-22-20(17-9-23-30-26-17)24-16(15)2-4-27(12)14-6-18(21)25-19(7-14)29-11-13-3-5-28-10-13/h6-9,12-13H,2-5,10-11H2,1H3. The van der Waals surface area contributed by atoms with Gasteiger partial charge in [-0.15, -0.1) is 0 Å². The summed E-state index contributed by atoms with van der Waals surface area (Å²) >= 11 is 1.14. The maximum atomic E-state index is 14.2. The van der Waals surface area contributed by atoms with Gasteiger partial charge >= 0.3 is 0 Å². The quantitative estimate of drug-likeness (QED) is 0.573. The number of hydrogen-bond donors (Lipinski definition) is 0. The van der Waals surface area contributed by atoms with Crippen LogP contribution in [0.4, 0.5) is 10.1 Å². The molecule has 0 radical (unpaired) electrons. The summed E-state index contributed by atoms with van der Waals surface area (Å²) in [4.78, 5) is 15.2. The minimum Gasteiger partial charge on any atom is -0.477 e. The molecule has 156 valence electrons. The van der Waals surface area contributed by atoms with Gasteiger partial charge in [-0.3, -0.25) is 0 Å². The number of ether oxygens (including phenoxy) is 2. The van der Waals surface area contributed by atoms with Crippen LogP contribution in [0.25, 0.3) is 11.5 Å². The number of aromatic nitrogens is 5. The Morgan fingerprint density at radius 3 is 3.03 bits per heavy atom. The van der Waals surface area contributed by atoms with Gasteiger partial charge in [0.05, 0.1) is 42.9 Å². The van der Waals surface area contributed by atoms with E-state index in [1.54, 1.807) is 12.3 Å². The molecule has 8 nitrogen and oxygen atoms in total. The van der Waals surface area contributed by atoms with Gasteiger partial charge in [0.2, 0.25) is 11.8 Å². The van der Waals surface area contributed by atoms with Gasteiger partial charge in [0.1, 0.15) is 5.69 Å². The van der Waals surface area contributed by atoms with Gasteiger partial charge in [0, 0.05) is 55.1 Å². The molecule has 0 amide bonds. The van der Waals surface area contributed by atoms with Gasteiger partial charge in [-0.1, -0.05) is 0 Å². The summed E-state index contributed by atoms with van der Waals surface area (Å²) in [6.07, 6.45) is 5.19. The molecular weight excluding hydrogens is 407 g/mol. The second-order valence-electron chi connectivity index (χ2n) is 7.53. The Labute approximate surface area is 177 Å². The molecule has 5 heterocycles. The fraction of sp³-hybridized carbons (Fsp3) is 0.450. The third-order valence-electron chi connectivity index (χ3n) is 5.58. The van der Waals surface area contributed by atoms with Crippen LogP contribution < -0.4 is 9.64 Å². The Morgan fingerprint density at radius 1 is 1.30 bits per heavy atom. The Balaban J connectivity index is 1.36. The lowest BCUT2D eigenvalue weighted by Gasteiger charge is -2.36. The number of nitrogens with zero attached hydrogens (tertiary/aromatic N) is 6. The summed E-state index contributed by atoms with van der Waals surface area (Å²) < 4.78 is 33.6. The van der Waals surface area contributed by atoms with E-state index >= 15 is 0 Å². The number of pyridine rings is 1. The van der Waals surface area contributed by atoms with Crippen molar-refractivity contribution in [1.82, 2.24) is 23.7 Å². The van der Waals surface area contributed by atoms with Crippen LogP contribution in [0, 0.1) is 11.9 Å². The number of anilines is 1. The highest BCUT2D eigenvalue weighted by Crippen LogP contribution is 2.34. The average Bonchev–Trinajstić information content (AvgIpc) is 3.46. The van der Waals surface area contributed by atoms with Crippen molar-refractivity contribution in [2.45, 2.75) is 25.8 Å². The molecule has 3 aromatic rings. The minimum absolute atomic E-state index is 0.00533. The van der Waals surface area contributed by atoms with Crippen molar-refractivity contribution in [1.29, 1.82) is 0 Å². The van der Waals surface area contributed by atoms with Crippen LogP contribution in [0.15, 0.2) is 24.5 Å². The van der Waals surface area contributed by atoms with E-state index in [2.05, 4.69) is 35.5 Å². The van der Waals surface area contributed by atoms with E-state index in [-0.39, 0.29) is 6.04 Å². The summed E-state index contributed by atoms with van der Waals surface area (Å²) in [5.41, 5.74) is 3.44. The van der Waals surface area contributed by atoms with Crippen molar-refractivity contribution in [2.24, 2.45) is 5.92 Å². The van der Waals surface area contributed by atoms with Crippen LogP contribution >= 0.6 is 11.7 Å². The molecule has 0 N–H and O–H groups in total. The lowest BCUT2D eigenvalue weighted by Crippen LogP contribution is -2.35. The SMILES string of the molecule is CC1c2cnc(-c3cnsn3)nc2CCN1c1cc(F)nc(OCC2CCOC2)c1. The van der Waals surface area contributed by atoms with Crippen LogP contribution in [0.3, 0.4) is 0 Å². The Bertz CT molecular complexity index is 1030. The maximum Gasteiger partial charge on any atom is 0.218 e. The Kier molecular flexibility index (Phi) is 5.26. The van der Waals surface area contributed by atoms with Crippen molar-refractivity contribution in [2.75, 3.05) is 31.3 Å². The summed E-state index contributed by atoms with van der Waals surface area (Å²) in [5, 5.41) is 0. The van der Waals surface area contributed by atoms with E-state index in [0.29, 0.717) is 43.1 Å². The van der Waals surface area contributed by atoms with Gasteiger partial charge in [0.15, 0.2) is 5.82 Å². The van der Waals surface area contributed by atoms with Crippen molar-refractivity contribution < 1.29 is 13.9 Å². The highest BCUT2D eigenvalue weighted by atomic mass is 32.1. The second-order valence-corrected chi connectivity index (χ2v) is 8.09. The van der Waals surface area contributed by atoms with Crippen molar-refractivity contribution >= 4 is 17.4 Å². The second kappa shape index (κ2) is 8.19. The molecular formula is C20H21FN6O2S. The van der Waals surface area contributed by atoms with E-state index in [9.17, 15) is 4.39 Å². The largest absolute Gasteiger partial charge is 0.477 e. The molecule has 5 rings (SSSR count). The smallest absolute Gasteiger partial charge is 0.218 e. The molecule has 30 heavy (non-hydrogen) atoms. The molecule has 10 heteroatoms. The predicted octanol–water partition coefficient (Wildman–Crippen LogP) is 3.07. The van der Waals surface area contributed by atoms with E-state index in [1.165, 1.54) is 6.07 Å². The first-order valence-corrected chi connectivity index (χ1v) is 10.7. The van der Waals surface area contributed by atoms with Gasteiger partial charge in [0.25, 0.3) is 0 Å². The Morgan fingerprint density at radius 2 is 2.23 bits per heavy atom. The van der Waals surface area contributed by atoms with Crippen LogP contribution in [-0.4, -0.2) is 50.1 Å². The molecule has 3 aromatic heterocycles. The van der Waals surface area contributed by atoms with E-state index < -0.39 is 5.95 Å². The molecule has 0 bridgehead atoms. The molecule has 0 aliphatic carbocycles. The molecule has 0 aromatic carbocycles. The van der Waals surface area contributed by atoms with E-state index in [0.717, 1.165) is 48.1 Å². The number of hydrogen-bond acceptors (Lipinski definition) is 9. The molecule has 0 spiro atoms. The summed E-state index contributed by atoms with van der Waals surface area (Å²) in [6, 6.07) is 3.24. The third kappa shape index (κ3) is 3.84. The lowest BCUT2D eigenvalue weighted by molar-refractivity contribution is 0.165. The topological polar surface area (TPSA) is 86.2 Å². The fourth-order valence-electron chi connectivity index (χ4n) is 3.92. The predicted molar refractivity (Wildman–Crippen MR) is 109 cm³/mol. The molecule has 2 unspecified atom stereocenters. The molecule has 1 fully saturated rings. The number of halogens is 1. The molecule has 2 aliphatic rings. The molecule has 1 saturated heterocycles. The van der Waals surface area contributed by atoms with Crippen LogP contribution in [0.5, 0.6) is 5.88 Å². The highest BCUT2D eigenvalue weighted by Gasteiger charge is 2.27. The monoisotopic (exact) mass is 428 g/mol. The minimum atomic E-state index is -0.550. The van der Waals surface area contributed by atoms with Crippen LogP contribution in [0.1, 0.15) is 30.6 Å². The number of fused-ring (bicyclic) bond motifs is 1. The van der Waals surface area contributed by atoms with E-state index in [1.807, 2.05) is 6.20 Å². The molecule has 2 aliphatic heterocycles. The summed E-state index contributed by atoms with van der Waals surface area (Å²) in [5.74, 6) is 0.673. The Hall–Kier alpha value is -2.72. The fourth-order valence-corrected chi connectivity index (χ4v) is 4.33. The molecule has 0 saturated carbocycles. The average molecular weight is 428 g/mol. The number of rotatable bonds is 5. The van der Waals surface area contributed by atoms with Gasteiger partial charge in [-0.05, 0) is 13.3 Å². The third-order valence-corrected chi connectivity index (χ3v) is 6.05. The summed E-state index contributed by atoms with van der Waals surface area (Å²) in [6.45, 7) is 4.69. The lowest BCUT2D eigenvalue weighted by atomic mass is 9.99. The zero-order chi connectivity index (χ0) is 20.5. The van der Waals surface area contributed by atoms with Crippen LogP contribution in [-0.2, 0) is 11.2 Å². The first kappa shape index (κ1) is 19.3. The van der Waals surface area contributed by atoms with Gasteiger partial charge in [-0.25, -0.2) is 9.97 Å². The van der Waals surface area contributed by atoms with Crippen molar-refractivity contribution in [3.8, 4) is 17.4 Å². The zero-order valence-electron chi connectivity index (χ0n) is 16.5. The first-order chi connectivity index (χ1) is 14.7. The first-order valence-electron chi connectivity index (χ1n) is 9.96. The summed E-state index contributed by atoms with van der Waals surface area (Å²) in [7, 11) is 0. The van der Waals surface area contributed by atoms with Crippen LogP contribution in [0.2, 0.25) is 0 Å². The highest BCUT2D eigenvalue weighted by molar-refractivity contribution is 6.99. The van der Waals surface area contributed by atoms with Crippen molar-refractivity contribution in [3.63, 3.8) is 0 Å².